The number of benzene rings is 1. The van der Waals surface area contributed by atoms with E-state index in [4.69, 9.17) is 0 Å². The summed E-state index contributed by atoms with van der Waals surface area (Å²) in [6, 6.07) is 5.99. The van der Waals surface area contributed by atoms with Gasteiger partial charge in [-0.25, -0.2) is 8.42 Å². The molecule has 0 heterocycles. The lowest BCUT2D eigenvalue weighted by atomic mass is 10.0. The van der Waals surface area contributed by atoms with Gasteiger partial charge in [-0.1, -0.05) is 12.1 Å². The third-order valence-electron chi connectivity index (χ3n) is 4.95. The summed E-state index contributed by atoms with van der Waals surface area (Å²) in [6.45, 7) is 13.7. The average Bonchev–Trinajstić information content (AvgIpc) is 2.50. The molecule has 5 heteroatoms. The zero-order valence-corrected chi connectivity index (χ0v) is 16.2. The van der Waals surface area contributed by atoms with Crippen LogP contribution in [0.4, 0.5) is 5.69 Å². The predicted octanol–water partition coefficient (Wildman–Crippen LogP) is 3.57. The van der Waals surface area contributed by atoms with Crippen molar-refractivity contribution in [1.82, 2.24) is 0 Å². The van der Waals surface area contributed by atoms with E-state index < -0.39 is 10.0 Å². The fourth-order valence-corrected chi connectivity index (χ4v) is 3.75. The molecule has 0 radical (unpaired) electrons. The molecule has 1 N–H and O–H groups in total. The molecular formula is C18H33N2O2S+. The molecule has 1 aromatic rings. The Labute approximate surface area is 142 Å². The maximum Gasteiger partial charge on any atom is 0.229 e. The second kappa shape index (κ2) is 8.69. The zero-order chi connectivity index (χ0) is 17.5. The molecule has 0 amide bonds. The quantitative estimate of drug-likeness (QED) is 0.522. The molecule has 0 fully saturated rings. The molecule has 0 atom stereocenters. The Bertz CT molecular complexity index is 585. The van der Waals surface area contributed by atoms with E-state index in [2.05, 4.69) is 31.6 Å². The fourth-order valence-electron chi connectivity index (χ4n) is 3.12. The van der Waals surface area contributed by atoms with Crippen molar-refractivity contribution < 1.29 is 12.9 Å². The number of nitrogens with zero attached hydrogens (tertiary/aromatic N) is 1. The van der Waals surface area contributed by atoms with Crippen LogP contribution in [0, 0.1) is 6.92 Å². The number of hydrogen-bond donors (Lipinski definition) is 1. The number of anilines is 1. The number of aryl methyl sites for hydroxylation is 2. The number of unbranched alkanes of at least 4 members (excludes halogenated alkanes) is 1. The van der Waals surface area contributed by atoms with E-state index in [0.29, 0.717) is 5.69 Å². The molecule has 23 heavy (non-hydrogen) atoms. The molecule has 1 rings (SSSR count). The van der Waals surface area contributed by atoms with Crippen LogP contribution in [-0.2, 0) is 16.4 Å². The monoisotopic (exact) mass is 341 g/mol. The van der Waals surface area contributed by atoms with Crippen LogP contribution in [0.5, 0.6) is 0 Å². The highest BCUT2D eigenvalue weighted by molar-refractivity contribution is 7.92. The Morgan fingerprint density at radius 3 is 2.13 bits per heavy atom. The van der Waals surface area contributed by atoms with Gasteiger partial charge in [0.25, 0.3) is 0 Å². The van der Waals surface area contributed by atoms with Crippen LogP contribution in [0.1, 0.15) is 44.7 Å². The number of sulfonamides is 1. The van der Waals surface area contributed by atoms with E-state index in [0.717, 1.165) is 12.0 Å². The number of quaternary nitrogens is 1. The number of rotatable bonds is 10. The maximum absolute atomic E-state index is 11.3. The highest BCUT2D eigenvalue weighted by Gasteiger charge is 2.19. The van der Waals surface area contributed by atoms with Gasteiger partial charge in [0.1, 0.15) is 0 Å². The van der Waals surface area contributed by atoms with Gasteiger partial charge < -0.3 is 4.48 Å². The summed E-state index contributed by atoms with van der Waals surface area (Å²) in [7, 11) is -3.21. The summed E-state index contributed by atoms with van der Waals surface area (Å²) in [4.78, 5) is 0. The molecule has 4 nitrogen and oxygen atoms in total. The van der Waals surface area contributed by atoms with Crippen LogP contribution in [0.15, 0.2) is 18.2 Å². The molecular weight excluding hydrogens is 308 g/mol. The first-order valence-electron chi connectivity index (χ1n) is 8.67. The van der Waals surface area contributed by atoms with Gasteiger partial charge in [0, 0.05) is 0 Å². The van der Waals surface area contributed by atoms with Crippen molar-refractivity contribution in [3.8, 4) is 0 Å². The summed E-state index contributed by atoms with van der Waals surface area (Å²) in [5.74, 6) is 0. The van der Waals surface area contributed by atoms with Gasteiger partial charge >= 0.3 is 0 Å². The maximum atomic E-state index is 11.3. The molecule has 0 saturated heterocycles. The lowest BCUT2D eigenvalue weighted by Gasteiger charge is -2.35. The molecule has 132 valence electrons. The normalized spacial score (nSPS) is 12.4. The molecule has 0 aliphatic rings. The first kappa shape index (κ1) is 20.0. The first-order chi connectivity index (χ1) is 10.7. The number of hydrogen-bond acceptors (Lipinski definition) is 2. The van der Waals surface area contributed by atoms with Crippen molar-refractivity contribution in [3.63, 3.8) is 0 Å². The summed E-state index contributed by atoms with van der Waals surface area (Å²) in [5.41, 5.74) is 2.94. The minimum Gasteiger partial charge on any atom is -0.324 e. The van der Waals surface area contributed by atoms with E-state index in [1.807, 2.05) is 19.1 Å². The standard InChI is InChI=1S/C18H33N2O2S/c1-6-20(7-2,8-3)14-10-9-11-17-12-13-18(16(4)15-17)19-23(5,21)22/h12-13,15,19H,6-11,14H2,1-5H3/q+1. The van der Waals surface area contributed by atoms with E-state index in [1.165, 1.54) is 55.3 Å². The Kier molecular flexibility index (Phi) is 7.55. The Balaban J connectivity index is 2.55. The van der Waals surface area contributed by atoms with Crippen LogP contribution < -0.4 is 4.72 Å². The van der Waals surface area contributed by atoms with Crippen molar-refractivity contribution in [1.29, 1.82) is 0 Å². The number of nitrogens with one attached hydrogen (secondary N) is 1. The molecule has 0 aliphatic carbocycles. The Morgan fingerprint density at radius 2 is 1.65 bits per heavy atom. The minimum absolute atomic E-state index is 0.676. The van der Waals surface area contributed by atoms with Gasteiger partial charge in [-0.2, -0.15) is 0 Å². The fraction of sp³-hybridized carbons (Fsp3) is 0.667. The molecule has 0 aliphatic heterocycles. The lowest BCUT2D eigenvalue weighted by Crippen LogP contribution is -2.48. The van der Waals surface area contributed by atoms with Crippen LogP contribution >= 0.6 is 0 Å². The second-order valence-corrected chi connectivity index (χ2v) is 8.24. The summed E-state index contributed by atoms with van der Waals surface area (Å²) in [5, 5.41) is 0. The van der Waals surface area contributed by atoms with Gasteiger partial charge in [0.2, 0.25) is 10.0 Å². The molecule has 0 bridgehead atoms. The minimum atomic E-state index is -3.21. The third kappa shape index (κ3) is 6.51. The first-order valence-corrected chi connectivity index (χ1v) is 10.6. The van der Waals surface area contributed by atoms with E-state index in [-0.39, 0.29) is 0 Å². The van der Waals surface area contributed by atoms with Crippen molar-refractivity contribution in [2.45, 2.75) is 47.0 Å². The SMILES string of the molecule is CC[N+](CC)(CC)CCCCc1ccc(NS(C)(=O)=O)c(C)c1. The van der Waals surface area contributed by atoms with E-state index in [1.54, 1.807) is 0 Å². The van der Waals surface area contributed by atoms with Crippen LogP contribution in [0.3, 0.4) is 0 Å². The highest BCUT2D eigenvalue weighted by Crippen LogP contribution is 2.19. The Morgan fingerprint density at radius 1 is 1.04 bits per heavy atom. The topological polar surface area (TPSA) is 46.2 Å². The summed E-state index contributed by atoms with van der Waals surface area (Å²) >= 11 is 0. The van der Waals surface area contributed by atoms with Crippen LogP contribution in [-0.4, -0.2) is 45.3 Å². The molecule has 0 aromatic heterocycles. The molecule has 0 spiro atoms. The summed E-state index contributed by atoms with van der Waals surface area (Å²) < 4.78 is 26.4. The largest absolute Gasteiger partial charge is 0.324 e. The van der Waals surface area contributed by atoms with Gasteiger partial charge in [-0.15, -0.1) is 0 Å². The van der Waals surface area contributed by atoms with E-state index >= 15 is 0 Å². The van der Waals surface area contributed by atoms with Crippen molar-refractivity contribution >= 4 is 15.7 Å². The average molecular weight is 342 g/mol. The van der Waals surface area contributed by atoms with Crippen molar-refractivity contribution in [2.75, 3.05) is 37.2 Å². The van der Waals surface area contributed by atoms with Crippen molar-refractivity contribution in [2.24, 2.45) is 0 Å². The van der Waals surface area contributed by atoms with Gasteiger partial charge in [0.15, 0.2) is 0 Å². The van der Waals surface area contributed by atoms with Gasteiger partial charge in [0.05, 0.1) is 38.1 Å². The zero-order valence-electron chi connectivity index (χ0n) is 15.4. The van der Waals surface area contributed by atoms with E-state index in [9.17, 15) is 8.42 Å². The smallest absolute Gasteiger partial charge is 0.229 e. The molecule has 0 unspecified atom stereocenters. The van der Waals surface area contributed by atoms with Gasteiger partial charge in [-0.3, -0.25) is 4.72 Å². The van der Waals surface area contributed by atoms with Crippen LogP contribution in [0.2, 0.25) is 0 Å². The molecule has 0 saturated carbocycles. The second-order valence-electron chi connectivity index (χ2n) is 6.49. The van der Waals surface area contributed by atoms with Gasteiger partial charge in [-0.05, 0) is 64.2 Å². The summed E-state index contributed by atoms with van der Waals surface area (Å²) in [6.07, 6.45) is 4.65. The van der Waals surface area contributed by atoms with Crippen molar-refractivity contribution in [3.05, 3.63) is 29.3 Å². The highest BCUT2D eigenvalue weighted by atomic mass is 32.2. The molecule has 1 aromatic carbocycles. The predicted molar refractivity (Wildman–Crippen MR) is 99.3 cm³/mol. The lowest BCUT2D eigenvalue weighted by molar-refractivity contribution is -0.923. The third-order valence-corrected chi connectivity index (χ3v) is 5.54. The Hall–Kier alpha value is -1.07. The van der Waals surface area contributed by atoms with Crippen LogP contribution in [0.25, 0.3) is 0 Å².